The maximum absolute atomic E-state index is 12.8. The lowest BCUT2D eigenvalue weighted by molar-refractivity contribution is 0.0929. The molecule has 1 aliphatic rings. The van der Waals surface area contributed by atoms with E-state index < -0.39 is 0 Å². The average Bonchev–Trinajstić information content (AvgIpc) is 3.23. The fraction of sp³-hybridized carbons (Fsp3) is 0.318. The first-order valence-corrected chi connectivity index (χ1v) is 9.61. The van der Waals surface area contributed by atoms with Crippen LogP contribution in [-0.4, -0.2) is 22.4 Å². The highest BCUT2D eigenvalue weighted by Crippen LogP contribution is 2.41. The number of rotatable bonds is 7. The maximum Gasteiger partial charge on any atom is 0.253 e. The molecule has 144 valence electrons. The van der Waals surface area contributed by atoms with Gasteiger partial charge in [-0.3, -0.25) is 9.78 Å². The average molecular weight is 376 g/mol. The SMILES string of the molecule is NCC1(c2ccc(C(=O)NC(Cc3ccccc3)c3ncco3)cn2)CCC1. The van der Waals surface area contributed by atoms with Gasteiger partial charge in [0.15, 0.2) is 0 Å². The minimum absolute atomic E-state index is 0.0110. The maximum atomic E-state index is 12.8. The van der Waals surface area contributed by atoms with Crippen molar-refractivity contribution in [2.45, 2.75) is 37.1 Å². The molecule has 1 amide bonds. The number of nitrogens with one attached hydrogen (secondary N) is 1. The van der Waals surface area contributed by atoms with E-state index >= 15 is 0 Å². The lowest BCUT2D eigenvalue weighted by Gasteiger charge is -2.40. The molecule has 2 aromatic heterocycles. The summed E-state index contributed by atoms with van der Waals surface area (Å²) in [7, 11) is 0. The van der Waals surface area contributed by atoms with Crippen LogP contribution in [0.4, 0.5) is 0 Å². The summed E-state index contributed by atoms with van der Waals surface area (Å²) in [5, 5.41) is 3.02. The molecule has 2 heterocycles. The molecular formula is C22H24N4O2. The predicted molar refractivity (Wildman–Crippen MR) is 106 cm³/mol. The number of oxazole rings is 1. The van der Waals surface area contributed by atoms with Crippen LogP contribution in [0.3, 0.4) is 0 Å². The minimum Gasteiger partial charge on any atom is -0.447 e. The molecule has 3 aromatic rings. The third-order valence-corrected chi connectivity index (χ3v) is 5.61. The van der Waals surface area contributed by atoms with Crippen LogP contribution in [0.15, 0.2) is 65.5 Å². The van der Waals surface area contributed by atoms with Crippen molar-refractivity contribution in [3.05, 3.63) is 83.8 Å². The molecule has 1 fully saturated rings. The molecule has 28 heavy (non-hydrogen) atoms. The van der Waals surface area contributed by atoms with E-state index in [1.54, 1.807) is 12.4 Å². The van der Waals surface area contributed by atoms with E-state index in [2.05, 4.69) is 15.3 Å². The standard InChI is InChI=1S/C22H24N4O2/c23-15-22(9-4-10-22)19-8-7-17(14-25-19)20(27)26-18(21-24-11-12-28-21)13-16-5-2-1-3-6-16/h1-3,5-8,11-12,14,18H,4,9-10,13,15,23H2,(H,26,27). The Morgan fingerprint density at radius 1 is 1.18 bits per heavy atom. The largest absolute Gasteiger partial charge is 0.447 e. The molecule has 6 nitrogen and oxygen atoms in total. The summed E-state index contributed by atoms with van der Waals surface area (Å²) in [5.74, 6) is 0.284. The van der Waals surface area contributed by atoms with Crippen molar-refractivity contribution in [2.75, 3.05) is 6.54 Å². The Kier molecular flexibility index (Phi) is 5.21. The highest BCUT2D eigenvalue weighted by molar-refractivity contribution is 5.94. The number of amides is 1. The van der Waals surface area contributed by atoms with Gasteiger partial charge < -0.3 is 15.5 Å². The summed E-state index contributed by atoms with van der Waals surface area (Å²) in [5.41, 5.74) is 8.53. The molecule has 0 aliphatic heterocycles. The van der Waals surface area contributed by atoms with Crippen molar-refractivity contribution in [3.63, 3.8) is 0 Å². The first kappa shape index (κ1) is 18.4. The molecular weight excluding hydrogens is 352 g/mol. The van der Waals surface area contributed by atoms with Crippen LogP contribution in [0.1, 0.15) is 52.8 Å². The first-order chi connectivity index (χ1) is 13.7. The third-order valence-electron chi connectivity index (χ3n) is 5.61. The molecule has 0 saturated heterocycles. The van der Waals surface area contributed by atoms with Crippen LogP contribution >= 0.6 is 0 Å². The molecule has 6 heteroatoms. The minimum atomic E-state index is -0.355. The van der Waals surface area contributed by atoms with Gasteiger partial charge >= 0.3 is 0 Å². The summed E-state index contributed by atoms with van der Waals surface area (Å²) in [6.45, 7) is 0.592. The van der Waals surface area contributed by atoms with Gasteiger partial charge in [-0.2, -0.15) is 0 Å². The lowest BCUT2D eigenvalue weighted by atomic mass is 9.66. The molecule has 3 N–H and O–H groups in total. The fourth-order valence-electron chi connectivity index (χ4n) is 3.71. The molecule has 1 aromatic carbocycles. The van der Waals surface area contributed by atoms with Gasteiger partial charge in [-0.15, -0.1) is 0 Å². The van der Waals surface area contributed by atoms with Crippen LogP contribution in [0.5, 0.6) is 0 Å². The van der Waals surface area contributed by atoms with Gasteiger partial charge in [-0.05, 0) is 30.5 Å². The molecule has 0 spiro atoms. The molecule has 1 atom stereocenters. The number of hydrogen-bond donors (Lipinski definition) is 2. The van der Waals surface area contributed by atoms with Crippen LogP contribution < -0.4 is 11.1 Å². The number of pyridine rings is 1. The van der Waals surface area contributed by atoms with Crippen molar-refractivity contribution in [1.82, 2.24) is 15.3 Å². The lowest BCUT2D eigenvalue weighted by Crippen LogP contribution is -2.42. The predicted octanol–water partition coefficient (Wildman–Crippen LogP) is 3.16. The fourth-order valence-corrected chi connectivity index (χ4v) is 3.71. The Hall–Kier alpha value is -2.99. The number of aromatic nitrogens is 2. The molecule has 1 saturated carbocycles. The van der Waals surface area contributed by atoms with Crippen LogP contribution in [0.25, 0.3) is 0 Å². The second kappa shape index (κ2) is 7.94. The van der Waals surface area contributed by atoms with Crippen molar-refractivity contribution in [3.8, 4) is 0 Å². The van der Waals surface area contributed by atoms with Crippen LogP contribution in [-0.2, 0) is 11.8 Å². The van der Waals surface area contributed by atoms with Gasteiger partial charge in [-0.1, -0.05) is 36.8 Å². The second-order valence-electron chi connectivity index (χ2n) is 7.36. The van der Waals surface area contributed by atoms with Gasteiger partial charge in [-0.25, -0.2) is 4.98 Å². The van der Waals surface area contributed by atoms with E-state index in [9.17, 15) is 4.79 Å². The number of benzene rings is 1. The Labute approximate surface area is 164 Å². The zero-order valence-electron chi connectivity index (χ0n) is 15.7. The molecule has 4 rings (SSSR count). The van der Waals surface area contributed by atoms with E-state index in [0.29, 0.717) is 24.4 Å². The van der Waals surface area contributed by atoms with Crippen LogP contribution in [0, 0.1) is 0 Å². The van der Waals surface area contributed by atoms with Gasteiger partial charge in [0.05, 0.1) is 11.8 Å². The van der Waals surface area contributed by atoms with E-state index in [1.165, 1.54) is 12.7 Å². The van der Waals surface area contributed by atoms with Crippen molar-refractivity contribution in [2.24, 2.45) is 5.73 Å². The van der Waals surface area contributed by atoms with E-state index in [4.69, 9.17) is 10.2 Å². The Bertz CT molecular complexity index is 898. The third kappa shape index (κ3) is 3.68. The zero-order chi connectivity index (χ0) is 19.4. The number of nitrogens with zero attached hydrogens (tertiary/aromatic N) is 2. The quantitative estimate of drug-likeness (QED) is 0.660. The van der Waals surface area contributed by atoms with Gasteiger partial charge in [0, 0.05) is 30.3 Å². The monoisotopic (exact) mass is 376 g/mol. The van der Waals surface area contributed by atoms with E-state index in [0.717, 1.165) is 24.1 Å². The number of nitrogens with two attached hydrogens (primary N) is 1. The topological polar surface area (TPSA) is 94.0 Å². The molecule has 0 radical (unpaired) electrons. The molecule has 1 unspecified atom stereocenters. The summed E-state index contributed by atoms with van der Waals surface area (Å²) in [6.07, 6.45) is 8.63. The normalized spacial score (nSPS) is 16.2. The Morgan fingerprint density at radius 3 is 2.57 bits per heavy atom. The van der Waals surface area contributed by atoms with Gasteiger partial charge in [0.25, 0.3) is 5.91 Å². The summed E-state index contributed by atoms with van der Waals surface area (Å²) < 4.78 is 5.45. The van der Waals surface area contributed by atoms with E-state index in [-0.39, 0.29) is 17.4 Å². The molecule has 0 bridgehead atoms. The number of carbonyl (C=O) groups excluding carboxylic acids is 1. The van der Waals surface area contributed by atoms with E-state index in [1.807, 2.05) is 42.5 Å². The van der Waals surface area contributed by atoms with Crippen molar-refractivity contribution in [1.29, 1.82) is 0 Å². The summed E-state index contributed by atoms with van der Waals surface area (Å²) in [4.78, 5) is 21.6. The summed E-state index contributed by atoms with van der Waals surface area (Å²) in [6, 6.07) is 13.3. The number of carbonyl (C=O) groups is 1. The molecule has 1 aliphatic carbocycles. The van der Waals surface area contributed by atoms with Crippen LogP contribution in [0.2, 0.25) is 0 Å². The van der Waals surface area contributed by atoms with Crippen molar-refractivity contribution >= 4 is 5.91 Å². The highest BCUT2D eigenvalue weighted by Gasteiger charge is 2.38. The first-order valence-electron chi connectivity index (χ1n) is 9.61. The summed E-state index contributed by atoms with van der Waals surface area (Å²) >= 11 is 0. The highest BCUT2D eigenvalue weighted by atomic mass is 16.3. The van der Waals surface area contributed by atoms with Gasteiger partial charge in [0.2, 0.25) is 5.89 Å². The zero-order valence-corrected chi connectivity index (χ0v) is 15.7. The van der Waals surface area contributed by atoms with Gasteiger partial charge in [0.1, 0.15) is 12.3 Å². The Morgan fingerprint density at radius 2 is 2.00 bits per heavy atom. The van der Waals surface area contributed by atoms with Crippen molar-refractivity contribution < 1.29 is 9.21 Å². The Balaban J connectivity index is 1.49. The number of hydrogen-bond acceptors (Lipinski definition) is 5. The second-order valence-corrected chi connectivity index (χ2v) is 7.36. The smallest absolute Gasteiger partial charge is 0.253 e.